The molecule has 2 saturated carbocycles. The van der Waals surface area contributed by atoms with Crippen LogP contribution in [0.2, 0.25) is 0 Å². The first kappa shape index (κ1) is 104. The van der Waals surface area contributed by atoms with E-state index in [9.17, 15) is 28.8 Å². The standard InChI is InChI=1S/C11H21NO2.C11H15NO2.C11H21NO.C8H17NO2.C7H15NO2.C6H13NO2.C4H9NO2.7CH4/c2*1-9(2)12-11(13)14-8-10-6-4-3-5-7-10;1-9(2)12-10(3)13-8-11-6-4-5-7-11;1-6(2)9-7(10)11-8(3,4)5;1-5(2)8-7(9)10-6(3)4;1-4-9-6(8)7-5(2)3;1-3(2)5-4(6)7;;;;;;;/h9-10H,3-8H2,1-2H3,(H,12,13);3-7,9H,8H2,1-2H3,(H,12,13);9,11-12H,3-8H2,1-2H3;6H,1-5H3,(H,9,10);5-6H,1-4H3,(H,8,9);5H,4H2,1-3H3,(H,7,8);3,5H,1-2H3,(H,6,7);7*1H4. The first-order valence-corrected chi connectivity index (χ1v) is 28.1. The molecule has 0 radical (unpaired) electrons. The molecule has 1 aromatic carbocycles. The van der Waals surface area contributed by atoms with Crippen molar-refractivity contribution in [3.63, 3.8) is 0 Å². The van der Waals surface area contributed by atoms with Crippen molar-refractivity contribution < 1.29 is 62.3 Å². The minimum atomic E-state index is -0.963. The third-order valence-corrected chi connectivity index (χ3v) is 9.27. The van der Waals surface area contributed by atoms with Gasteiger partial charge in [-0.1, -0.05) is 114 Å². The van der Waals surface area contributed by atoms with Crippen LogP contribution in [0, 0.1) is 11.8 Å². The van der Waals surface area contributed by atoms with Crippen LogP contribution < -0.4 is 37.2 Å². The van der Waals surface area contributed by atoms with E-state index in [0.717, 1.165) is 24.0 Å². The monoisotopic (exact) mass is 1230 g/mol. The van der Waals surface area contributed by atoms with Crippen LogP contribution in [0.1, 0.15) is 254 Å². The molecular formula is C65H139N7O13. The maximum atomic E-state index is 11.2. The minimum absolute atomic E-state index is 0. The maximum absolute atomic E-state index is 11.2. The van der Waals surface area contributed by atoms with Crippen molar-refractivity contribution in [2.45, 2.75) is 309 Å². The van der Waals surface area contributed by atoms with E-state index < -0.39 is 11.7 Å². The van der Waals surface area contributed by atoms with Crippen molar-refractivity contribution in [2.24, 2.45) is 11.8 Å². The molecule has 0 unspecified atom stereocenters. The number of hydrogen-bond donors (Lipinski definition) is 8. The van der Waals surface area contributed by atoms with Crippen molar-refractivity contribution in [3.05, 3.63) is 48.4 Å². The Morgan fingerprint density at radius 1 is 0.471 bits per heavy atom. The normalized spacial score (nSPS) is 11.8. The smallest absolute Gasteiger partial charge is 0.407 e. The SMILES string of the molecule is C.C.C.C.C.C.C.C=C(NC(C)C)OCC1CCCC1.CC(C)NC(=O)O.CC(C)NC(=O)OC(C)(C)C.CC(C)NC(=O)OC(C)C.CC(C)NC(=O)OCC1CCCCC1.CC(C)NC(=O)OCc1ccccc1.CCOC(=O)NC(C)C. The number of hydrogen-bond acceptors (Lipinski definition) is 13. The summed E-state index contributed by atoms with van der Waals surface area (Å²) >= 11 is 0. The minimum Gasteiger partial charge on any atom is -0.479 e. The number of carbonyl (C=O) groups is 6. The highest BCUT2D eigenvalue weighted by molar-refractivity contribution is 5.69. The van der Waals surface area contributed by atoms with E-state index in [1.807, 2.05) is 134 Å². The van der Waals surface area contributed by atoms with Gasteiger partial charge in [-0.25, -0.2) is 28.8 Å². The lowest BCUT2D eigenvalue weighted by Gasteiger charge is -2.21. The van der Waals surface area contributed by atoms with Gasteiger partial charge < -0.3 is 70.7 Å². The second kappa shape index (κ2) is 64.2. The van der Waals surface area contributed by atoms with E-state index in [1.54, 1.807) is 20.8 Å². The fourth-order valence-electron chi connectivity index (χ4n) is 6.27. The van der Waals surface area contributed by atoms with Crippen LogP contribution in [0.4, 0.5) is 28.8 Å². The Balaban J connectivity index is -0.0000000832. The summed E-state index contributed by atoms with van der Waals surface area (Å²) < 4.78 is 30.1. The molecule has 85 heavy (non-hydrogen) atoms. The van der Waals surface area contributed by atoms with Crippen molar-refractivity contribution in [2.75, 3.05) is 19.8 Å². The van der Waals surface area contributed by atoms with E-state index in [1.165, 1.54) is 57.8 Å². The average molecular weight is 1230 g/mol. The number of benzene rings is 1. The lowest BCUT2D eigenvalue weighted by molar-refractivity contribution is 0.0512. The highest BCUT2D eigenvalue weighted by Gasteiger charge is 2.18. The van der Waals surface area contributed by atoms with E-state index in [2.05, 4.69) is 62.4 Å². The zero-order valence-corrected chi connectivity index (χ0v) is 51.9. The molecule has 8 N–H and O–H groups in total. The van der Waals surface area contributed by atoms with Gasteiger partial charge in [0.15, 0.2) is 5.88 Å². The lowest BCUT2D eigenvalue weighted by atomic mass is 9.90. The predicted octanol–water partition coefficient (Wildman–Crippen LogP) is 17.4. The van der Waals surface area contributed by atoms with Gasteiger partial charge in [0.05, 0.1) is 25.9 Å². The molecule has 2 aliphatic carbocycles. The first-order valence-electron chi connectivity index (χ1n) is 28.1. The summed E-state index contributed by atoms with van der Waals surface area (Å²) in [4.78, 5) is 64.1. The predicted molar refractivity (Wildman–Crippen MR) is 360 cm³/mol. The summed E-state index contributed by atoms with van der Waals surface area (Å²) in [6.45, 7) is 43.7. The van der Waals surface area contributed by atoms with Crippen molar-refractivity contribution in [1.29, 1.82) is 0 Å². The molecule has 0 aliphatic heterocycles. The van der Waals surface area contributed by atoms with Gasteiger partial charge in [0.25, 0.3) is 0 Å². The molecule has 0 saturated heterocycles. The fraction of sp³-hybridized carbons (Fsp3) is 0.785. The summed E-state index contributed by atoms with van der Waals surface area (Å²) in [5.41, 5.74) is 0.588. The summed E-state index contributed by atoms with van der Waals surface area (Å²) in [6.07, 6.45) is 9.08. The quantitative estimate of drug-likeness (QED) is 0.0533. The highest BCUT2D eigenvalue weighted by Crippen LogP contribution is 2.25. The Hall–Kier alpha value is -5.82. The van der Waals surface area contributed by atoms with Crippen LogP contribution in [0.5, 0.6) is 0 Å². The molecule has 6 amide bonds. The molecule has 20 heteroatoms. The number of carbonyl (C=O) groups excluding carboxylic acids is 5. The summed E-state index contributed by atoms with van der Waals surface area (Å²) in [5.74, 6) is 2.09. The fourth-order valence-corrected chi connectivity index (χ4v) is 6.27. The average Bonchev–Trinajstić information content (AvgIpc) is 3.80. The molecular weight excluding hydrogens is 1090 g/mol. The number of amides is 6. The van der Waals surface area contributed by atoms with Gasteiger partial charge in [-0.05, 0) is 188 Å². The molecule has 0 bridgehead atoms. The van der Waals surface area contributed by atoms with Crippen molar-refractivity contribution in [3.8, 4) is 0 Å². The molecule has 2 aliphatic rings. The lowest BCUT2D eigenvalue weighted by Crippen LogP contribution is -2.36. The molecule has 0 aromatic heterocycles. The van der Waals surface area contributed by atoms with Crippen molar-refractivity contribution >= 4 is 36.6 Å². The zero-order valence-electron chi connectivity index (χ0n) is 51.9. The van der Waals surface area contributed by atoms with Crippen LogP contribution in [-0.2, 0) is 35.0 Å². The second-order valence-electron chi connectivity index (χ2n) is 22.1. The van der Waals surface area contributed by atoms with Gasteiger partial charge in [0.2, 0.25) is 0 Å². The Bertz CT molecular complexity index is 1680. The third-order valence-electron chi connectivity index (χ3n) is 9.27. The molecule has 2 fully saturated rings. The van der Waals surface area contributed by atoms with Gasteiger partial charge in [0, 0.05) is 42.3 Å². The molecule has 512 valence electrons. The van der Waals surface area contributed by atoms with Gasteiger partial charge in [-0.15, -0.1) is 0 Å². The second-order valence-corrected chi connectivity index (χ2v) is 22.1. The molecule has 0 heterocycles. The molecule has 20 nitrogen and oxygen atoms in total. The maximum Gasteiger partial charge on any atom is 0.407 e. The van der Waals surface area contributed by atoms with Gasteiger partial charge in [-0.3, -0.25) is 0 Å². The van der Waals surface area contributed by atoms with E-state index >= 15 is 0 Å². The number of rotatable bonds is 17. The van der Waals surface area contributed by atoms with Gasteiger partial charge in [0.1, 0.15) is 12.2 Å². The summed E-state index contributed by atoms with van der Waals surface area (Å²) in [6, 6.07) is 10.7. The van der Waals surface area contributed by atoms with Crippen LogP contribution in [-0.4, -0.2) is 115 Å². The third kappa shape index (κ3) is 87.1. The molecule has 3 rings (SSSR count). The summed E-state index contributed by atoms with van der Waals surface area (Å²) in [7, 11) is 0. The van der Waals surface area contributed by atoms with Crippen LogP contribution >= 0.6 is 0 Å². The first-order chi connectivity index (χ1) is 36.2. The summed E-state index contributed by atoms with van der Waals surface area (Å²) in [5, 5.41) is 26.6. The number of ether oxygens (including phenoxy) is 6. The van der Waals surface area contributed by atoms with Gasteiger partial charge in [-0.2, -0.15) is 0 Å². The largest absolute Gasteiger partial charge is 0.479 e. The topological polar surface area (TPSA) is 262 Å². The van der Waals surface area contributed by atoms with Crippen molar-refractivity contribution in [1.82, 2.24) is 37.2 Å². The molecule has 1 aromatic rings. The van der Waals surface area contributed by atoms with E-state index in [-0.39, 0.29) is 125 Å². The molecule has 0 spiro atoms. The Kier molecular flexibility index (Phi) is 78.6. The number of carboxylic acid groups (broad SMARTS) is 1. The number of nitrogens with one attached hydrogen (secondary N) is 7. The Labute approximate surface area is 523 Å². The van der Waals surface area contributed by atoms with Crippen LogP contribution in [0.25, 0.3) is 0 Å². The van der Waals surface area contributed by atoms with Crippen LogP contribution in [0.3, 0.4) is 0 Å². The molecule has 0 atom stereocenters. The Morgan fingerprint density at radius 3 is 1.13 bits per heavy atom. The number of alkyl carbamates (subject to hydrolysis) is 5. The highest BCUT2D eigenvalue weighted by atomic mass is 16.6. The van der Waals surface area contributed by atoms with Gasteiger partial charge >= 0.3 is 36.6 Å². The Morgan fingerprint density at radius 2 is 0.800 bits per heavy atom. The van der Waals surface area contributed by atoms with E-state index in [0.29, 0.717) is 31.8 Å². The zero-order chi connectivity index (χ0) is 60.8. The van der Waals surface area contributed by atoms with Crippen LogP contribution in [0.15, 0.2) is 42.8 Å². The van der Waals surface area contributed by atoms with E-state index in [4.69, 9.17) is 28.8 Å².